The number of aromatic amines is 1. The second-order valence-corrected chi connectivity index (χ2v) is 7.13. The fourth-order valence-corrected chi connectivity index (χ4v) is 3.54. The van der Waals surface area contributed by atoms with Crippen molar-refractivity contribution in [1.82, 2.24) is 4.98 Å². The smallest absolute Gasteiger partial charge is 0.266 e. The number of benzene rings is 1. The molecular formula is C19H15NO3S2. The van der Waals surface area contributed by atoms with Crippen molar-refractivity contribution in [3.63, 3.8) is 0 Å². The molecule has 0 radical (unpaired) electrons. The number of aldehydes is 1. The molecule has 0 saturated heterocycles. The Morgan fingerprint density at radius 3 is 2.72 bits per heavy atom. The highest BCUT2D eigenvalue weighted by molar-refractivity contribution is 7.11. The molecule has 6 heteroatoms. The van der Waals surface area contributed by atoms with E-state index in [2.05, 4.69) is 4.98 Å². The van der Waals surface area contributed by atoms with Crippen LogP contribution in [0.5, 0.6) is 0 Å². The average Bonchev–Trinajstić information content (AvgIpc) is 3.36. The SMILES string of the molecule is C/C=c1\[nH]c(=O)/c(=C/c2ccc3occc3c2)s1.O=Cc1cccs1. The van der Waals surface area contributed by atoms with E-state index in [-0.39, 0.29) is 5.56 Å². The number of carbonyl (C=O) groups is 1. The lowest BCUT2D eigenvalue weighted by molar-refractivity contribution is 0.112. The maximum Gasteiger partial charge on any atom is 0.266 e. The minimum atomic E-state index is -0.0413. The van der Waals surface area contributed by atoms with Gasteiger partial charge in [-0.15, -0.1) is 22.7 Å². The second kappa shape index (κ2) is 7.92. The third-order valence-corrected chi connectivity index (χ3v) is 5.25. The number of furan rings is 1. The van der Waals surface area contributed by atoms with Crippen molar-refractivity contribution in [2.75, 3.05) is 0 Å². The Labute approximate surface area is 151 Å². The third kappa shape index (κ3) is 4.23. The number of thiophene rings is 1. The Morgan fingerprint density at radius 2 is 2.08 bits per heavy atom. The quantitative estimate of drug-likeness (QED) is 0.551. The largest absolute Gasteiger partial charge is 0.464 e. The molecule has 1 N–H and O–H groups in total. The fraction of sp³-hybridized carbons (Fsp3) is 0.0526. The van der Waals surface area contributed by atoms with Crippen molar-refractivity contribution >= 4 is 52.1 Å². The summed E-state index contributed by atoms with van der Waals surface area (Å²) in [7, 11) is 0. The first-order chi connectivity index (χ1) is 12.2. The average molecular weight is 369 g/mol. The van der Waals surface area contributed by atoms with Gasteiger partial charge in [0.1, 0.15) is 5.58 Å². The van der Waals surface area contributed by atoms with E-state index in [0.29, 0.717) is 4.53 Å². The molecule has 4 rings (SSSR count). The second-order valence-electron chi connectivity index (χ2n) is 5.07. The number of H-pyrrole nitrogens is 1. The van der Waals surface area contributed by atoms with E-state index in [1.165, 1.54) is 22.7 Å². The molecular weight excluding hydrogens is 354 g/mol. The maximum atomic E-state index is 11.7. The predicted molar refractivity (Wildman–Crippen MR) is 104 cm³/mol. The Hall–Kier alpha value is -2.70. The van der Waals surface area contributed by atoms with Crippen LogP contribution in [0.2, 0.25) is 0 Å². The van der Waals surface area contributed by atoms with Gasteiger partial charge in [0.15, 0.2) is 6.29 Å². The Morgan fingerprint density at radius 1 is 1.20 bits per heavy atom. The number of hydrogen-bond acceptors (Lipinski definition) is 5. The van der Waals surface area contributed by atoms with Crippen LogP contribution in [-0.4, -0.2) is 11.3 Å². The van der Waals surface area contributed by atoms with Gasteiger partial charge in [-0.1, -0.05) is 18.2 Å². The normalized spacial score (nSPS) is 12.2. The molecule has 0 bridgehead atoms. The van der Waals surface area contributed by atoms with Crippen molar-refractivity contribution < 1.29 is 9.21 Å². The highest BCUT2D eigenvalue weighted by Gasteiger charge is 1.98. The molecule has 0 spiro atoms. The van der Waals surface area contributed by atoms with Gasteiger partial charge in [0.05, 0.1) is 20.3 Å². The summed E-state index contributed by atoms with van der Waals surface area (Å²) >= 11 is 2.91. The molecule has 0 unspecified atom stereocenters. The number of aromatic nitrogens is 1. The van der Waals surface area contributed by atoms with Crippen LogP contribution in [0.1, 0.15) is 22.2 Å². The summed E-state index contributed by atoms with van der Waals surface area (Å²) in [5.41, 5.74) is 1.81. The third-order valence-electron chi connectivity index (χ3n) is 3.38. The zero-order chi connectivity index (χ0) is 17.6. The van der Waals surface area contributed by atoms with E-state index in [1.54, 1.807) is 12.3 Å². The number of hydrogen-bond donors (Lipinski definition) is 1. The molecule has 3 heterocycles. The highest BCUT2D eigenvalue weighted by atomic mass is 32.1. The summed E-state index contributed by atoms with van der Waals surface area (Å²) in [6, 6.07) is 11.4. The molecule has 4 aromatic rings. The molecule has 3 aromatic heterocycles. The molecule has 25 heavy (non-hydrogen) atoms. The van der Waals surface area contributed by atoms with Crippen molar-refractivity contribution in [3.8, 4) is 0 Å². The number of rotatable bonds is 2. The van der Waals surface area contributed by atoms with Gasteiger partial charge in [-0.3, -0.25) is 9.59 Å². The molecule has 0 fully saturated rings. The van der Waals surface area contributed by atoms with Crippen molar-refractivity contribution in [2.24, 2.45) is 0 Å². The van der Waals surface area contributed by atoms with E-state index in [9.17, 15) is 9.59 Å². The lowest BCUT2D eigenvalue weighted by Crippen LogP contribution is -2.19. The van der Waals surface area contributed by atoms with Crippen LogP contribution in [0.3, 0.4) is 0 Å². The van der Waals surface area contributed by atoms with E-state index in [1.807, 2.05) is 54.8 Å². The Kier molecular flexibility index (Phi) is 5.42. The molecule has 0 aliphatic rings. The molecule has 4 nitrogen and oxygen atoms in total. The summed E-state index contributed by atoms with van der Waals surface area (Å²) < 4.78 is 6.88. The van der Waals surface area contributed by atoms with Gasteiger partial charge >= 0.3 is 0 Å². The first-order valence-electron chi connectivity index (χ1n) is 7.53. The van der Waals surface area contributed by atoms with Crippen LogP contribution >= 0.6 is 22.7 Å². The van der Waals surface area contributed by atoms with Crippen LogP contribution in [0.15, 0.2) is 57.3 Å². The molecule has 0 aliphatic carbocycles. The Balaban J connectivity index is 0.000000219. The fourth-order valence-electron chi connectivity index (χ4n) is 2.17. The van der Waals surface area contributed by atoms with Crippen molar-refractivity contribution in [3.05, 3.63) is 78.0 Å². The van der Waals surface area contributed by atoms with E-state index in [0.717, 1.165) is 32.4 Å². The van der Waals surface area contributed by atoms with Crippen LogP contribution in [0.25, 0.3) is 23.1 Å². The van der Waals surface area contributed by atoms with Crippen molar-refractivity contribution in [2.45, 2.75) is 6.92 Å². The first-order valence-corrected chi connectivity index (χ1v) is 9.22. The van der Waals surface area contributed by atoms with Gasteiger partial charge in [-0.2, -0.15) is 0 Å². The van der Waals surface area contributed by atoms with Gasteiger partial charge in [0.2, 0.25) is 0 Å². The molecule has 0 aliphatic heterocycles. The van der Waals surface area contributed by atoms with Gasteiger partial charge in [0.25, 0.3) is 5.56 Å². The van der Waals surface area contributed by atoms with E-state index in [4.69, 9.17) is 4.42 Å². The standard InChI is InChI=1S/C14H11NO2S.C5H4OS/c1-2-13-15-14(16)12(18-13)8-9-3-4-11-10(7-9)5-6-17-11;6-4-5-2-1-3-7-5/h2-8H,1H3,(H,15,16);1-4H/b12-8-,13-2+;. The first kappa shape index (κ1) is 17.1. The van der Waals surface area contributed by atoms with E-state index < -0.39 is 0 Å². The van der Waals surface area contributed by atoms with Crippen molar-refractivity contribution in [1.29, 1.82) is 0 Å². The highest BCUT2D eigenvalue weighted by Crippen LogP contribution is 2.17. The topological polar surface area (TPSA) is 63.1 Å². The lowest BCUT2D eigenvalue weighted by Gasteiger charge is -1.91. The zero-order valence-corrected chi connectivity index (χ0v) is 15.0. The zero-order valence-electron chi connectivity index (χ0n) is 13.4. The van der Waals surface area contributed by atoms with Gasteiger partial charge in [-0.05, 0) is 48.2 Å². The lowest BCUT2D eigenvalue weighted by atomic mass is 10.1. The predicted octanol–water partition coefficient (Wildman–Crippen LogP) is 3.37. The van der Waals surface area contributed by atoms with Crippen LogP contribution < -0.4 is 14.8 Å². The van der Waals surface area contributed by atoms with E-state index >= 15 is 0 Å². The minimum absolute atomic E-state index is 0.0413. The number of carbonyl (C=O) groups excluding carboxylic acids is 1. The monoisotopic (exact) mass is 369 g/mol. The minimum Gasteiger partial charge on any atom is -0.464 e. The summed E-state index contributed by atoms with van der Waals surface area (Å²) in [6.45, 7) is 1.91. The van der Waals surface area contributed by atoms with Crippen LogP contribution in [0, 0.1) is 0 Å². The van der Waals surface area contributed by atoms with Gasteiger partial charge in [-0.25, -0.2) is 0 Å². The summed E-state index contributed by atoms with van der Waals surface area (Å²) in [5.74, 6) is 0. The molecule has 0 atom stereocenters. The van der Waals surface area contributed by atoms with Crippen LogP contribution in [0.4, 0.5) is 0 Å². The molecule has 0 amide bonds. The summed E-state index contributed by atoms with van der Waals surface area (Å²) in [5, 5.41) is 2.92. The van der Waals surface area contributed by atoms with Gasteiger partial charge in [0, 0.05) is 5.39 Å². The van der Waals surface area contributed by atoms with Gasteiger partial charge < -0.3 is 9.40 Å². The summed E-state index contributed by atoms with van der Waals surface area (Å²) in [4.78, 5) is 25.2. The molecule has 1 aromatic carbocycles. The maximum absolute atomic E-state index is 11.7. The molecule has 0 saturated carbocycles. The van der Waals surface area contributed by atoms with Crippen LogP contribution in [-0.2, 0) is 0 Å². The Bertz CT molecular complexity index is 1150. The number of fused-ring (bicyclic) bond motifs is 1. The number of nitrogens with one attached hydrogen (secondary N) is 1. The summed E-state index contributed by atoms with van der Waals surface area (Å²) in [6.07, 6.45) is 6.30. The number of thiazole rings is 1. The molecule has 126 valence electrons.